The third-order valence-corrected chi connectivity index (χ3v) is 10.5. The van der Waals surface area contributed by atoms with Crippen molar-refractivity contribution in [2.24, 2.45) is 5.92 Å². The van der Waals surface area contributed by atoms with E-state index in [1.807, 2.05) is 48.0 Å². The van der Waals surface area contributed by atoms with Gasteiger partial charge in [-0.1, -0.05) is 35.9 Å². The third-order valence-electron chi connectivity index (χ3n) is 7.00. The van der Waals surface area contributed by atoms with Crippen LogP contribution in [0.2, 0.25) is 0 Å². The Balaban J connectivity index is 1.64. The number of ether oxygens (including phenoxy) is 1. The molecule has 0 saturated heterocycles. The first-order valence-corrected chi connectivity index (χ1v) is 15.2. The molecule has 0 N–H and O–H groups in total. The van der Waals surface area contributed by atoms with Crippen molar-refractivity contribution in [3.05, 3.63) is 87.4 Å². The van der Waals surface area contributed by atoms with Gasteiger partial charge in [0, 0.05) is 16.5 Å². The van der Waals surface area contributed by atoms with E-state index in [2.05, 4.69) is 6.07 Å². The summed E-state index contributed by atoms with van der Waals surface area (Å²) in [5, 5.41) is 14.5. The van der Waals surface area contributed by atoms with E-state index < -0.39 is 10.0 Å². The molecule has 38 heavy (non-hydrogen) atoms. The fourth-order valence-electron chi connectivity index (χ4n) is 5.01. The van der Waals surface area contributed by atoms with Crippen molar-refractivity contribution in [3.8, 4) is 27.8 Å². The molecular formula is C29H22N2O4S3. The van der Waals surface area contributed by atoms with E-state index in [9.17, 15) is 18.5 Å². The predicted octanol–water partition coefficient (Wildman–Crippen LogP) is 6.79. The number of para-hydroxylation sites is 1. The molecule has 3 aromatic heterocycles. The van der Waals surface area contributed by atoms with Crippen LogP contribution in [-0.2, 0) is 19.6 Å². The highest BCUT2D eigenvalue weighted by Gasteiger charge is 2.45. The number of carbonyl (C=O) groups is 1. The zero-order valence-electron chi connectivity index (χ0n) is 20.5. The molecule has 5 aromatic rings. The van der Waals surface area contributed by atoms with Gasteiger partial charge in [-0.2, -0.15) is 5.26 Å². The van der Waals surface area contributed by atoms with Crippen LogP contribution in [0, 0.1) is 24.2 Å². The van der Waals surface area contributed by atoms with E-state index in [0.29, 0.717) is 33.6 Å². The maximum atomic E-state index is 14.3. The predicted molar refractivity (Wildman–Crippen MR) is 150 cm³/mol. The summed E-state index contributed by atoms with van der Waals surface area (Å²) < 4.78 is 34.9. The largest absolute Gasteiger partial charge is 0.469 e. The number of methoxy groups -OCH3 is 1. The Morgan fingerprint density at radius 1 is 1.11 bits per heavy atom. The van der Waals surface area contributed by atoms with Crippen LogP contribution in [0.15, 0.2) is 76.3 Å². The summed E-state index contributed by atoms with van der Waals surface area (Å²) in [6.45, 7) is 1.91. The van der Waals surface area contributed by atoms with Crippen molar-refractivity contribution < 1.29 is 17.9 Å². The van der Waals surface area contributed by atoms with E-state index in [4.69, 9.17) is 4.74 Å². The molecule has 1 saturated carbocycles. The van der Waals surface area contributed by atoms with Crippen molar-refractivity contribution in [1.29, 1.82) is 5.26 Å². The van der Waals surface area contributed by atoms with Gasteiger partial charge in [-0.25, -0.2) is 12.4 Å². The number of fused-ring (bicyclic) bond motifs is 1. The first-order chi connectivity index (χ1) is 18.3. The SMILES string of the molecule is COC(=O)C1CC1c1csc(-c2c(-c3ccsc3C#N)c3ccccc3n2S(=O)(=O)c2ccc(C)cc2)c1. The summed E-state index contributed by atoms with van der Waals surface area (Å²) in [5.41, 5.74) is 4.43. The first kappa shape index (κ1) is 24.6. The Morgan fingerprint density at radius 2 is 1.87 bits per heavy atom. The highest BCUT2D eigenvalue weighted by molar-refractivity contribution is 7.90. The molecule has 0 aliphatic heterocycles. The van der Waals surface area contributed by atoms with Gasteiger partial charge in [0.15, 0.2) is 0 Å². The molecule has 9 heteroatoms. The van der Waals surface area contributed by atoms with E-state index in [1.165, 1.54) is 33.8 Å². The lowest BCUT2D eigenvalue weighted by atomic mass is 10.0. The number of hydrogen-bond acceptors (Lipinski definition) is 7. The Kier molecular flexibility index (Phi) is 5.99. The Hall–Kier alpha value is -3.71. The average Bonchev–Trinajstić information content (AvgIpc) is 3.24. The molecule has 6 nitrogen and oxygen atoms in total. The Bertz CT molecular complexity index is 1850. The molecule has 1 fully saturated rings. The lowest BCUT2D eigenvalue weighted by Gasteiger charge is -2.13. The van der Waals surface area contributed by atoms with Crippen molar-refractivity contribution in [3.63, 3.8) is 0 Å². The van der Waals surface area contributed by atoms with Gasteiger partial charge in [-0.05, 0) is 65.9 Å². The summed E-state index contributed by atoms with van der Waals surface area (Å²) >= 11 is 2.77. The minimum Gasteiger partial charge on any atom is -0.469 e. The minimum absolute atomic E-state index is 0.0539. The van der Waals surface area contributed by atoms with Crippen LogP contribution >= 0.6 is 22.7 Å². The maximum Gasteiger partial charge on any atom is 0.309 e. The highest BCUT2D eigenvalue weighted by atomic mass is 32.2. The number of carbonyl (C=O) groups excluding carboxylic acids is 1. The molecule has 1 aliphatic rings. The summed E-state index contributed by atoms with van der Waals surface area (Å²) in [6, 6.07) is 20.3. The molecule has 0 spiro atoms. The second-order valence-corrected chi connectivity index (χ2v) is 12.9. The Labute approximate surface area is 228 Å². The van der Waals surface area contributed by atoms with Crippen molar-refractivity contribution in [2.45, 2.75) is 24.2 Å². The molecule has 1 aliphatic carbocycles. The monoisotopic (exact) mass is 558 g/mol. The number of benzene rings is 2. The van der Waals surface area contributed by atoms with Crippen LogP contribution in [0.4, 0.5) is 0 Å². The number of hydrogen-bond donors (Lipinski definition) is 0. The molecular weight excluding hydrogens is 537 g/mol. The summed E-state index contributed by atoms with van der Waals surface area (Å²) in [7, 11) is -2.61. The molecule has 2 unspecified atom stereocenters. The molecule has 3 heterocycles. The summed E-state index contributed by atoms with van der Waals surface area (Å²) in [6.07, 6.45) is 0.712. The number of rotatable bonds is 6. The second-order valence-electron chi connectivity index (χ2n) is 9.31. The van der Waals surface area contributed by atoms with Crippen LogP contribution in [-0.4, -0.2) is 25.5 Å². The molecule has 0 amide bonds. The van der Waals surface area contributed by atoms with E-state index in [1.54, 1.807) is 30.3 Å². The average molecular weight is 559 g/mol. The fraction of sp³-hybridized carbons (Fsp3) is 0.172. The molecule has 2 aromatic carbocycles. The first-order valence-electron chi connectivity index (χ1n) is 12.0. The van der Waals surface area contributed by atoms with Crippen molar-refractivity contribution >= 4 is 49.6 Å². The van der Waals surface area contributed by atoms with E-state index in [-0.39, 0.29) is 22.7 Å². The molecule has 0 bridgehead atoms. The lowest BCUT2D eigenvalue weighted by Crippen LogP contribution is -2.14. The number of nitriles is 1. The molecule has 6 rings (SSSR count). The zero-order chi connectivity index (χ0) is 26.6. The van der Waals surface area contributed by atoms with Crippen LogP contribution in [0.3, 0.4) is 0 Å². The summed E-state index contributed by atoms with van der Waals surface area (Å²) in [4.78, 5) is 13.5. The molecule has 0 radical (unpaired) electrons. The highest BCUT2D eigenvalue weighted by Crippen LogP contribution is 2.52. The van der Waals surface area contributed by atoms with Crippen LogP contribution in [0.1, 0.15) is 28.3 Å². The van der Waals surface area contributed by atoms with Crippen LogP contribution in [0.5, 0.6) is 0 Å². The number of thiophene rings is 2. The standard InChI is InChI=1S/C29H22N2O4S3/c1-17-7-9-19(10-8-17)38(33,34)31-24-6-4-3-5-20(24)27(21-11-12-36-26(21)15-30)28(31)25-13-18(16-37-25)22-14-23(22)29(32)35-2/h3-13,16,22-23H,14H2,1-2H3. The van der Waals surface area contributed by atoms with Gasteiger partial charge in [0.25, 0.3) is 10.0 Å². The smallest absolute Gasteiger partial charge is 0.309 e. The van der Waals surface area contributed by atoms with Gasteiger partial charge >= 0.3 is 5.97 Å². The van der Waals surface area contributed by atoms with Crippen LogP contribution < -0.4 is 0 Å². The maximum absolute atomic E-state index is 14.3. The Morgan fingerprint density at radius 3 is 2.61 bits per heavy atom. The third kappa shape index (κ3) is 3.88. The normalized spacial score (nSPS) is 16.9. The van der Waals surface area contributed by atoms with Gasteiger partial charge in [-0.3, -0.25) is 4.79 Å². The topological polar surface area (TPSA) is 89.2 Å². The number of aromatic nitrogens is 1. The number of nitrogens with zero attached hydrogens (tertiary/aromatic N) is 2. The van der Waals surface area contributed by atoms with Gasteiger partial charge in [-0.15, -0.1) is 22.7 Å². The fourth-order valence-corrected chi connectivity index (χ4v) is 8.31. The van der Waals surface area contributed by atoms with Gasteiger partial charge in [0.05, 0.1) is 34.0 Å². The van der Waals surface area contributed by atoms with Crippen LogP contribution in [0.25, 0.3) is 32.6 Å². The van der Waals surface area contributed by atoms with E-state index >= 15 is 0 Å². The second kappa shape index (κ2) is 9.24. The van der Waals surface area contributed by atoms with Crippen molar-refractivity contribution in [2.75, 3.05) is 7.11 Å². The molecule has 2 atom stereocenters. The quantitative estimate of drug-likeness (QED) is 0.214. The number of esters is 1. The van der Waals surface area contributed by atoms with Gasteiger partial charge in [0.2, 0.25) is 0 Å². The zero-order valence-corrected chi connectivity index (χ0v) is 23.0. The molecule has 190 valence electrons. The summed E-state index contributed by atoms with van der Waals surface area (Å²) in [5.74, 6) is -0.346. The van der Waals surface area contributed by atoms with E-state index in [0.717, 1.165) is 21.4 Å². The minimum atomic E-state index is -4.00. The lowest BCUT2D eigenvalue weighted by molar-refractivity contribution is -0.142. The van der Waals surface area contributed by atoms with Gasteiger partial charge in [0.1, 0.15) is 10.9 Å². The van der Waals surface area contributed by atoms with Gasteiger partial charge < -0.3 is 4.74 Å². The van der Waals surface area contributed by atoms with Crippen molar-refractivity contribution in [1.82, 2.24) is 3.97 Å². The number of aryl methyl sites for hydroxylation is 1.